The summed E-state index contributed by atoms with van der Waals surface area (Å²) in [6.07, 6.45) is 0.131. The molecule has 0 saturated carbocycles. The van der Waals surface area contributed by atoms with E-state index in [2.05, 4.69) is 10.3 Å². The number of carbonyl (C=O) groups is 1. The SMILES string of the molecule is Cc1cccc2sc(NC(=O)CCn3c(=O)oc4cc(Cl)ccc43)nc12. The first-order valence-electron chi connectivity index (χ1n) is 7.96. The van der Waals surface area contributed by atoms with Crippen molar-refractivity contribution in [3.63, 3.8) is 0 Å². The summed E-state index contributed by atoms with van der Waals surface area (Å²) in [5.74, 6) is -0.720. The lowest BCUT2D eigenvalue weighted by atomic mass is 10.2. The van der Waals surface area contributed by atoms with E-state index in [0.29, 0.717) is 21.3 Å². The molecule has 2 heterocycles. The van der Waals surface area contributed by atoms with Gasteiger partial charge in [0.05, 0.1) is 15.7 Å². The number of aromatic nitrogens is 2. The summed E-state index contributed by atoms with van der Waals surface area (Å²) < 4.78 is 7.61. The number of nitrogens with one attached hydrogen (secondary N) is 1. The van der Waals surface area contributed by atoms with E-state index in [9.17, 15) is 9.59 Å². The Morgan fingerprint density at radius 1 is 1.35 bits per heavy atom. The number of benzene rings is 2. The summed E-state index contributed by atoms with van der Waals surface area (Å²) in [4.78, 5) is 28.7. The molecule has 0 bridgehead atoms. The largest absolute Gasteiger partial charge is 0.419 e. The number of nitrogens with zero attached hydrogens (tertiary/aromatic N) is 2. The van der Waals surface area contributed by atoms with Crippen molar-refractivity contribution in [3.05, 3.63) is 57.5 Å². The van der Waals surface area contributed by atoms with E-state index in [-0.39, 0.29) is 18.9 Å². The van der Waals surface area contributed by atoms with Crippen molar-refractivity contribution in [2.45, 2.75) is 19.9 Å². The van der Waals surface area contributed by atoms with E-state index in [0.717, 1.165) is 15.8 Å². The second-order valence-corrected chi connectivity index (χ2v) is 7.34. The van der Waals surface area contributed by atoms with Crippen molar-refractivity contribution < 1.29 is 9.21 Å². The number of para-hydroxylation sites is 1. The predicted molar refractivity (Wildman–Crippen MR) is 103 cm³/mol. The monoisotopic (exact) mass is 387 g/mol. The molecule has 4 rings (SSSR count). The molecule has 6 nitrogen and oxygen atoms in total. The van der Waals surface area contributed by atoms with Gasteiger partial charge in [-0.15, -0.1) is 0 Å². The smallest absolute Gasteiger partial charge is 0.408 e. The predicted octanol–water partition coefficient (Wildman–Crippen LogP) is 4.19. The average molecular weight is 388 g/mol. The fourth-order valence-electron chi connectivity index (χ4n) is 2.79. The fraction of sp³-hybridized carbons (Fsp3) is 0.167. The van der Waals surface area contributed by atoms with Crippen LogP contribution in [0, 0.1) is 6.92 Å². The van der Waals surface area contributed by atoms with Gasteiger partial charge >= 0.3 is 5.76 Å². The topological polar surface area (TPSA) is 77.1 Å². The maximum absolute atomic E-state index is 12.3. The Bertz CT molecular complexity index is 1190. The number of hydrogen-bond donors (Lipinski definition) is 1. The summed E-state index contributed by atoms with van der Waals surface area (Å²) in [5.41, 5.74) is 2.98. The molecule has 0 radical (unpaired) electrons. The van der Waals surface area contributed by atoms with Crippen LogP contribution in [-0.4, -0.2) is 15.5 Å². The highest BCUT2D eigenvalue weighted by molar-refractivity contribution is 7.22. The molecule has 1 N–H and O–H groups in total. The Hall–Kier alpha value is -2.64. The van der Waals surface area contributed by atoms with Crippen molar-refractivity contribution in [1.82, 2.24) is 9.55 Å². The minimum absolute atomic E-state index is 0.131. The molecule has 0 atom stereocenters. The summed E-state index contributed by atoms with van der Waals surface area (Å²) in [6.45, 7) is 2.19. The highest BCUT2D eigenvalue weighted by Gasteiger charge is 2.13. The molecule has 4 aromatic rings. The van der Waals surface area contributed by atoms with E-state index in [1.165, 1.54) is 15.9 Å². The molecule has 0 fully saturated rings. The number of halogens is 1. The van der Waals surface area contributed by atoms with Crippen LogP contribution in [0.3, 0.4) is 0 Å². The molecule has 26 heavy (non-hydrogen) atoms. The minimum atomic E-state index is -0.509. The highest BCUT2D eigenvalue weighted by Crippen LogP contribution is 2.28. The van der Waals surface area contributed by atoms with Crippen molar-refractivity contribution in [3.8, 4) is 0 Å². The van der Waals surface area contributed by atoms with Gasteiger partial charge in [0.15, 0.2) is 10.7 Å². The third kappa shape index (κ3) is 3.11. The molecule has 2 aromatic heterocycles. The van der Waals surface area contributed by atoms with E-state index >= 15 is 0 Å². The third-order valence-electron chi connectivity index (χ3n) is 4.06. The van der Waals surface area contributed by atoms with Crippen LogP contribution >= 0.6 is 22.9 Å². The molecular formula is C18H14ClN3O3S. The summed E-state index contributed by atoms with van der Waals surface area (Å²) in [5, 5.41) is 3.84. The van der Waals surface area contributed by atoms with Gasteiger partial charge in [-0.1, -0.05) is 35.1 Å². The van der Waals surface area contributed by atoms with Gasteiger partial charge in [0.1, 0.15) is 0 Å². The normalized spacial score (nSPS) is 11.3. The fourth-order valence-corrected chi connectivity index (χ4v) is 3.91. The van der Waals surface area contributed by atoms with Crippen LogP contribution in [-0.2, 0) is 11.3 Å². The number of fused-ring (bicyclic) bond motifs is 2. The molecule has 0 aliphatic carbocycles. The van der Waals surface area contributed by atoms with Crippen LogP contribution in [0.4, 0.5) is 5.13 Å². The van der Waals surface area contributed by atoms with Gasteiger partial charge < -0.3 is 9.73 Å². The van der Waals surface area contributed by atoms with Gasteiger partial charge in [-0.3, -0.25) is 9.36 Å². The molecule has 0 saturated heterocycles. The van der Waals surface area contributed by atoms with Crippen molar-refractivity contribution in [1.29, 1.82) is 0 Å². The molecule has 1 amide bonds. The quantitative estimate of drug-likeness (QED) is 0.569. The molecule has 0 spiro atoms. The Kier molecular flexibility index (Phi) is 4.26. The Labute approximate surface area is 157 Å². The van der Waals surface area contributed by atoms with Gasteiger partial charge in [-0.05, 0) is 30.7 Å². The van der Waals surface area contributed by atoms with Gasteiger partial charge in [0.2, 0.25) is 5.91 Å². The van der Waals surface area contributed by atoms with E-state index in [4.69, 9.17) is 16.0 Å². The Morgan fingerprint density at radius 2 is 2.19 bits per heavy atom. The first-order chi connectivity index (χ1) is 12.5. The lowest BCUT2D eigenvalue weighted by Gasteiger charge is -2.03. The maximum atomic E-state index is 12.3. The van der Waals surface area contributed by atoms with Gasteiger partial charge in [0.25, 0.3) is 0 Å². The van der Waals surface area contributed by atoms with E-state index in [1.54, 1.807) is 18.2 Å². The molecule has 0 aliphatic heterocycles. The zero-order chi connectivity index (χ0) is 18.3. The first-order valence-corrected chi connectivity index (χ1v) is 9.15. The van der Waals surface area contributed by atoms with Crippen LogP contribution in [0.25, 0.3) is 21.3 Å². The Balaban J connectivity index is 1.49. The van der Waals surface area contributed by atoms with Gasteiger partial charge in [-0.25, -0.2) is 9.78 Å². The molecule has 0 aliphatic rings. The van der Waals surface area contributed by atoms with Crippen LogP contribution in [0.1, 0.15) is 12.0 Å². The number of anilines is 1. The molecule has 8 heteroatoms. The summed E-state index contributed by atoms with van der Waals surface area (Å²) in [7, 11) is 0. The average Bonchev–Trinajstić information content (AvgIpc) is 3.13. The number of hydrogen-bond acceptors (Lipinski definition) is 5. The summed E-state index contributed by atoms with van der Waals surface area (Å²) in [6, 6.07) is 10.9. The van der Waals surface area contributed by atoms with Crippen LogP contribution in [0.2, 0.25) is 5.02 Å². The number of carbonyl (C=O) groups excluding carboxylic acids is 1. The number of oxazole rings is 1. The maximum Gasteiger partial charge on any atom is 0.419 e. The molecule has 132 valence electrons. The minimum Gasteiger partial charge on any atom is -0.408 e. The van der Waals surface area contributed by atoms with Crippen LogP contribution < -0.4 is 11.1 Å². The molecule has 0 unspecified atom stereocenters. The van der Waals surface area contributed by atoms with Crippen molar-refractivity contribution >= 4 is 55.3 Å². The lowest BCUT2D eigenvalue weighted by molar-refractivity contribution is -0.116. The van der Waals surface area contributed by atoms with Crippen LogP contribution in [0.5, 0.6) is 0 Å². The zero-order valence-electron chi connectivity index (χ0n) is 13.8. The van der Waals surface area contributed by atoms with Crippen LogP contribution in [0.15, 0.2) is 45.6 Å². The molecular weight excluding hydrogens is 374 g/mol. The Morgan fingerprint density at radius 3 is 3.00 bits per heavy atom. The number of rotatable bonds is 4. The standard InChI is InChI=1S/C18H14ClN3O3S/c1-10-3-2-4-14-16(10)21-17(26-14)20-15(23)7-8-22-12-6-5-11(19)9-13(12)25-18(22)24/h2-6,9H,7-8H2,1H3,(H,20,21,23). The number of amides is 1. The number of aryl methyl sites for hydroxylation is 2. The van der Waals surface area contributed by atoms with Gasteiger partial charge in [0, 0.05) is 24.1 Å². The molecule has 2 aromatic carbocycles. The first kappa shape index (κ1) is 16.8. The van der Waals surface area contributed by atoms with Crippen molar-refractivity contribution in [2.75, 3.05) is 5.32 Å². The summed E-state index contributed by atoms with van der Waals surface area (Å²) >= 11 is 7.33. The second-order valence-electron chi connectivity index (χ2n) is 5.87. The van der Waals surface area contributed by atoms with E-state index < -0.39 is 5.76 Å². The van der Waals surface area contributed by atoms with Crippen molar-refractivity contribution in [2.24, 2.45) is 0 Å². The lowest BCUT2D eigenvalue weighted by Crippen LogP contribution is -2.19. The van der Waals surface area contributed by atoms with Gasteiger partial charge in [-0.2, -0.15) is 0 Å². The third-order valence-corrected chi connectivity index (χ3v) is 5.23. The highest BCUT2D eigenvalue weighted by atomic mass is 35.5. The number of thiazole rings is 1. The second kappa shape index (κ2) is 6.59. The zero-order valence-corrected chi connectivity index (χ0v) is 15.4. The van der Waals surface area contributed by atoms with E-state index in [1.807, 2.05) is 25.1 Å².